The fourth-order valence-electron chi connectivity index (χ4n) is 3.00. The molecule has 0 atom stereocenters. The molecule has 1 aromatic heterocycles. The third-order valence-electron chi connectivity index (χ3n) is 4.48. The molecule has 0 radical (unpaired) electrons. The van der Waals surface area contributed by atoms with Crippen molar-refractivity contribution < 1.29 is 17.9 Å². The molecule has 3 rings (SSSR count). The third-order valence-corrected chi connectivity index (χ3v) is 6.36. The van der Waals surface area contributed by atoms with Gasteiger partial charge in [-0.3, -0.25) is 0 Å². The molecule has 2 heterocycles. The van der Waals surface area contributed by atoms with Gasteiger partial charge in [-0.1, -0.05) is 17.7 Å². The van der Waals surface area contributed by atoms with Crippen LogP contribution in [0.3, 0.4) is 0 Å². The molecule has 8 heteroatoms. The SMILES string of the molecule is COc1ccc(C)cc1CCNc1ccc(S(=O)(=O)N2CCOCC2)cn1. The minimum atomic E-state index is -3.51. The molecule has 1 aliphatic heterocycles. The van der Waals surface area contributed by atoms with Crippen molar-refractivity contribution in [3.8, 4) is 5.75 Å². The van der Waals surface area contributed by atoms with Gasteiger partial charge in [-0.05, 0) is 37.1 Å². The minimum Gasteiger partial charge on any atom is -0.496 e. The predicted octanol–water partition coefficient (Wildman–Crippen LogP) is 2.07. The summed E-state index contributed by atoms with van der Waals surface area (Å²) in [7, 11) is -1.85. The topological polar surface area (TPSA) is 80.8 Å². The summed E-state index contributed by atoms with van der Waals surface area (Å²) in [4.78, 5) is 4.46. The number of anilines is 1. The maximum Gasteiger partial charge on any atom is 0.244 e. The van der Waals surface area contributed by atoms with Crippen LogP contribution in [0.4, 0.5) is 5.82 Å². The Bertz CT molecular complexity index is 863. The van der Waals surface area contributed by atoms with Crippen LogP contribution in [-0.4, -0.2) is 57.7 Å². The highest BCUT2D eigenvalue weighted by Crippen LogP contribution is 2.21. The summed E-state index contributed by atoms with van der Waals surface area (Å²) < 4.78 is 37.2. The van der Waals surface area contributed by atoms with Gasteiger partial charge in [0.15, 0.2) is 0 Å². The average molecular weight is 391 g/mol. The van der Waals surface area contributed by atoms with Crippen molar-refractivity contribution in [2.24, 2.45) is 0 Å². The van der Waals surface area contributed by atoms with Crippen LogP contribution in [0, 0.1) is 6.92 Å². The molecule has 1 aromatic carbocycles. The van der Waals surface area contributed by atoms with E-state index in [0.717, 1.165) is 17.7 Å². The third kappa shape index (κ3) is 4.77. The van der Waals surface area contributed by atoms with Crippen LogP contribution in [0.1, 0.15) is 11.1 Å². The Morgan fingerprint density at radius 1 is 1.22 bits per heavy atom. The Kier molecular flexibility index (Phi) is 6.30. The summed E-state index contributed by atoms with van der Waals surface area (Å²) in [6.45, 7) is 4.32. The Balaban J connectivity index is 1.60. The number of sulfonamides is 1. The molecule has 1 aliphatic rings. The highest BCUT2D eigenvalue weighted by molar-refractivity contribution is 7.89. The zero-order valence-electron chi connectivity index (χ0n) is 15.6. The first-order chi connectivity index (χ1) is 13.0. The molecular formula is C19H25N3O4S. The van der Waals surface area contributed by atoms with E-state index in [-0.39, 0.29) is 4.90 Å². The Hall–Kier alpha value is -2.16. The van der Waals surface area contributed by atoms with Crippen LogP contribution in [-0.2, 0) is 21.2 Å². The molecule has 0 bridgehead atoms. The molecule has 0 amide bonds. The number of ether oxygens (including phenoxy) is 2. The molecule has 0 unspecified atom stereocenters. The van der Waals surface area contributed by atoms with Crippen molar-refractivity contribution in [1.29, 1.82) is 0 Å². The van der Waals surface area contributed by atoms with Gasteiger partial charge in [0.2, 0.25) is 10.0 Å². The smallest absolute Gasteiger partial charge is 0.244 e. The van der Waals surface area contributed by atoms with Crippen LogP contribution < -0.4 is 10.1 Å². The fraction of sp³-hybridized carbons (Fsp3) is 0.421. The number of methoxy groups -OCH3 is 1. The van der Waals surface area contributed by atoms with Crippen LogP contribution in [0.15, 0.2) is 41.4 Å². The van der Waals surface area contributed by atoms with Gasteiger partial charge in [0, 0.05) is 25.8 Å². The van der Waals surface area contributed by atoms with E-state index in [9.17, 15) is 8.42 Å². The summed E-state index contributed by atoms with van der Waals surface area (Å²) in [5, 5.41) is 3.23. The second-order valence-corrected chi connectivity index (χ2v) is 8.33. The number of hydrogen-bond acceptors (Lipinski definition) is 6. The number of aromatic nitrogens is 1. The first-order valence-electron chi connectivity index (χ1n) is 8.92. The fourth-order valence-corrected chi connectivity index (χ4v) is 4.36. The zero-order valence-corrected chi connectivity index (χ0v) is 16.5. The van der Waals surface area contributed by atoms with Gasteiger partial charge in [0.1, 0.15) is 16.5 Å². The lowest BCUT2D eigenvalue weighted by Crippen LogP contribution is -2.40. The van der Waals surface area contributed by atoms with Gasteiger partial charge < -0.3 is 14.8 Å². The van der Waals surface area contributed by atoms with Crippen LogP contribution >= 0.6 is 0 Å². The number of nitrogens with zero attached hydrogens (tertiary/aromatic N) is 2. The number of morpholine rings is 1. The monoisotopic (exact) mass is 391 g/mol. The maximum atomic E-state index is 12.6. The first-order valence-corrected chi connectivity index (χ1v) is 10.4. The highest BCUT2D eigenvalue weighted by atomic mass is 32.2. The first kappa shape index (κ1) is 19.6. The maximum absolute atomic E-state index is 12.6. The summed E-state index contributed by atoms with van der Waals surface area (Å²) in [5.41, 5.74) is 2.30. The quantitative estimate of drug-likeness (QED) is 0.778. The lowest BCUT2D eigenvalue weighted by atomic mass is 10.1. The summed E-state index contributed by atoms with van der Waals surface area (Å²) in [6, 6.07) is 9.37. The molecule has 1 fully saturated rings. The van der Waals surface area contributed by atoms with E-state index in [4.69, 9.17) is 9.47 Å². The minimum absolute atomic E-state index is 0.204. The van der Waals surface area contributed by atoms with Gasteiger partial charge in [0.05, 0.1) is 20.3 Å². The predicted molar refractivity (Wildman–Crippen MR) is 104 cm³/mol. The molecule has 27 heavy (non-hydrogen) atoms. The van der Waals surface area contributed by atoms with E-state index in [1.165, 1.54) is 16.1 Å². The number of nitrogens with one attached hydrogen (secondary N) is 1. The van der Waals surface area contributed by atoms with Gasteiger partial charge in [-0.25, -0.2) is 13.4 Å². The van der Waals surface area contributed by atoms with E-state index in [1.807, 2.05) is 19.1 Å². The van der Waals surface area contributed by atoms with Crippen molar-refractivity contribution in [1.82, 2.24) is 9.29 Å². The highest BCUT2D eigenvalue weighted by Gasteiger charge is 2.26. The van der Waals surface area contributed by atoms with E-state index in [2.05, 4.69) is 16.4 Å². The summed E-state index contributed by atoms with van der Waals surface area (Å²) in [6.07, 6.45) is 2.18. The summed E-state index contributed by atoms with van der Waals surface area (Å²) >= 11 is 0. The van der Waals surface area contributed by atoms with Gasteiger partial charge in [-0.2, -0.15) is 4.31 Å². The van der Waals surface area contributed by atoms with Crippen molar-refractivity contribution in [3.05, 3.63) is 47.7 Å². The lowest BCUT2D eigenvalue weighted by molar-refractivity contribution is 0.0730. The standard InChI is InChI=1S/C19H25N3O4S/c1-15-3-5-18(25-2)16(13-15)7-8-20-19-6-4-17(14-21-19)27(23,24)22-9-11-26-12-10-22/h3-6,13-14H,7-12H2,1-2H3,(H,20,21). The number of hydrogen-bond donors (Lipinski definition) is 1. The molecule has 146 valence electrons. The van der Waals surface area contributed by atoms with E-state index < -0.39 is 10.0 Å². The molecule has 2 aromatic rings. The molecule has 0 saturated carbocycles. The summed E-state index contributed by atoms with van der Waals surface area (Å²) in [5.74, 6) is 1.50. The Morgan fingerprint density at radius 3 is 2.67 bits per heavy atom. The van der Waals surface area contributed by atoms with E-state index in [0.29, 0.717) is 38.7 Å². The number of rotatable bonds is 7. The Morgan fingerprint density at radius 2 is 2.00 bits per heavy atom. The number of benzene rings is 1. The average Bonchev–Trinajstić information content (AvgIpc) is 2.69. The second kappa shape index (κ2) is 8.69. The Labute approximate surface area is 160 Å². The lowest BCUT2D eigenvalue weighted by Gasteiger charge is -2.25. The molecular weight excluding hydrogens is 366 g/mol. The zero-order chi connectivity index (χ0) is 19.3. The second-order valence-electron chi connectivity index (χ2n) is 6.39. The normalized spacial score (nSPS) is 15.5. The number of aryl methyl sites for hydroxylation is 1. The van der Waals surface area contributed by atoms with Crippen molar-refractivity contribution in [2.45, 2.75) is 18.2 Å². The van der Waals surface area contributed by atoms with Crippen molar-refractivity contribution >= 4 is 15.8 Å². The molecule has 0 spiro atoms. The number of pyridine rings is 1. The largest absolute Gasteiger partial charge is 0.496 e. The molecule has 1 N–H and O–H groups in total. The van der Waals surface area contributed by atoms with Crippen LogP contribution in [0.5, 0.6) is 5.75 Å². The van der Waals surface area contributed by atoms with Crippen molar-refractivity contribution in [3.63, 3.8) is 0 Å². The van der Waals surface area contributed by atoms with E-state index >= 15 is 0 Å². The van der Waals surface area contributed by atoms with Crippen LogP contribution in [0.2, 0.25) is 0 Å². The molecule has 0 aliphatic carbocycles. The van der Waals surface area contributed by atoms with Crippen LogP contribution in [0.25, 0.3) is 0 Å². The van der Waals surface area contributed by atoms with Crippen molar-refractivity contribution in [2.75, 3.05) is 45.3 Å². The van der Waals surface area contributed by atoms with E-state index in [1.54, 1.807) is 19.2 Å². The van der Waals surface area contributed by atoms with Gasteiger partial charge in [0.25, 0.3) is 0 Å². The van der Waals surface area contributed by atoms with Gasteiger partial charge in [-0.15, -0.1) is 0 Å². The van der Waals surface area contributed by atoms with Gasteiger partial charge >= 0.3 is 0 Å². The molecule has 7 nitrogen and oxygen atoms in total. The molecule has 1 saturated heterocycles.